The highest BCUT2D eigenvalue weighted by molar-refractivity contribution is 5.90. The van der Waals surface area contributed by atoms with Gasteiger partial charge in [-0.15, -0.1) is 0 Å². The minimum atomic E-state index is -0.0672. The molecule has 0 bridgehead atoms. The van der Waals surface area contributed by atoms with E-state index in [4.69, 9.17) is 0 Å². The van der Waals surface area contributed by atoms with Crippen LogP contribution in [0.5, 0.6) is 0 Å². The van der Waals surface area contributed by atoms with E-state index in [0.29, 0.717) is 17.9 Å². The number of pyridine rings is 1. The molecule has 0 fully saturated rings. The standard InChI is InChI=1S/C14H16N4O/c1-4-13(19)18-14-10(3)17-12(8-16-14)11-5-9(2)6-15-7-11/h5-8H,4H2,1-3H3,(H,16,18,19). The van der Waals surface area contributed by atoms with E-state index >= 15 is 0 Å². The van der Waals surface area contributed by atoms with Crippen molar-refractivity contribution in [3.63, 3.8) is 0 Å². The van der Waals surface area contributed by atoms with E-state index < -0.39 is 0 Å². The molecular weight excluding hydrogens is 240 g/mol. The van der Waals surface area contributed by atoms with Crippen molar-refractivity contribution in [2.24, 2.45) is 0 Å². The van der Waals surface area contributed by atoms with Crippen molar-refractivity contribution >= 4 is 11.7 Å². The fourth-order valence-corrected chi connectivity index (χ4v) is 1.66. The molecule has 5 heteroatoms. The van der Waals surface area contributed by atoms with Gasteiger partial charge in [0.25, 0.3) is 0 Å². The number of aromatic nitrogens is 3. The molecular formula is C14H16N4O. The minimum absolute atomic E-state index is 0.0672. The summed E-state index contributed by atoms with van der Waals surface area (Å²) in [4.78, 5) is 24.2. The van der Waals surface area contributed by atoms with Crippen molar-refractivity contribution in [1.82, 2.24) is 15.0 Å². The summed E-state index contributed by atoms with van der Waals surface area (Å²) in [5.74, 6) is 0.443. The zero-order valence-electron chi connectivity index (χ0n) is 11.3. The topological polar surface area (TPSA) is 67.8 Å². The number of rotatable bonds is 3. The van der Waals surface area contributed by atoms with E-state index in [1.165, 1.54) is 0 Å². The highest BCUT2D eigenvalue weighted by atomic mass is 16.1. The maximum atomic E-state index is 11.3. The quantitative estimate of drug-likeness (QED) is 0.916. The van der Waals surface area contributed by atoms with Crippen molar-refractivity contribution in [3.05, 3.63) is 35.9 Å². The summed E-state index contributed by atoms with van der Waals surface area (Å²) in [7, 11) is 0. The number of nitrogens with zero attached hydrogens (tertiary/aromatic N) is 3. The van der Waals surface area contributed by atoms with Gasteiger partial charge >= 0.3 is 0 Å². The largest absolute Gasteiger partial charge is 0.309 e. The molecule has 0 aliphatic carbocycles. The maximum absolute atomic E-state index is 11.3. The molecule has 2 rings (SSSR count). The number of aryl methyl sites for hydroxylation is 2. The molecule has 5 nitrogen and oxygen atoms in total. The van der Waals surface area contributed by atoms with Crippen LogP contribution in [-0.2, 0) is 4.79 Å². The number of anilines is 1. The zero-order chi connectivity index (χ0) is 13.8. The first-order valence-electron chi connectivity index (χ1n) is 6.15. The van der Waals surface area contributed by atoms with E-state index in [1.807, 2.05) is 19.9 Å². The molecule has 2 aromatic heterocycles. The lowest BCUT2D eigenvalue weighted by Crippen LogP contribution is -2.12. The Morgan fingerprint density at radius 2 is 2.05 bits per heavy atom. The lowest BCUT2D eigenvalue weighted by molar-refractivity contribution is -0.115. The van der Waals surface area contributed by atoms with Crippen LogP contribution in [0.15, 0.2) is 24.7 Å². The number of amides is 1. The first-order valence-corrected chi connectivity index (χ1v) is 6.15. The number of hydrogen-bond acceptors (Lipinski definition) is 4. The van der Waals surface area contributed by atoms with Gasteiger partial charge in [-0.3, -0.25) is 9.78 Å². The Kier molecular flexibility index (Phi) is 3.85. The van der Waals surface area contributed by atoms with Crippen molar-refractivity contribution in [1.29, 1.82) is 0 Å². The van der Waals surface area contributed by atoms with Crippen molar-refractivity contribution in [2.75, 3.05) is 5.32 Å². The van der Waals surface area contributed by atoms with Gasteiger partial charge in [-0.25, -0.2) is 9.97 Å². The van der Waals surface area contributed by atoms with Crippen LogP contribution in [0.4, 0.5) is 5.82 Å². The van der Waals surface area contributed by atoms with Gasteiger partial charge in [0.15, 0.2) is 5.82 Å². The summed E-state index contributed by atoms with van der Waals surface area (Å²) >= 11 is 0. The van der Waals surface area contributed by atoms with Gasteiger partial charge in [0.05, 0.1) is 17.6 Å². The van der Waals surface area contributed by atoms with Crippen LogP contribution < -0.4 is 5.32 Å². The van der Waals surface area contributed by atoms with Crippen LogP contribution >= 0.6 is 0 Å². The van der Waals surface area contributed by atoms with Crippen molar-refractivity contribution < 1.29 is 4.79 Å². The molecule has 0 aliphatic rings. The minimum Gasteiger partial charge on any atom is -0.309 e. The Bertz CT molecular complexity index is 610. The maximum Gasteiger partial charge on any atom is 0.225 e. The van der Waals surface area contributed by atoms with Crippen LogP contribution in [0, 0.1) is 13.8 Å². The van der Waals surface area contributed by atoms with Crippen molar-refractivity contribution in [3.8, 4) is 11.3 Å². The van der Waals surface area contributed by atoms with Gasteiger partial charge < -0.3 is 5.32 Å². The van der Waals surface area contributed by atoms with E-state index in [2.05, 4.69) is 20.3 Å². The average Bonchev–Trinajstić information content (AvgIpc) is 2.41. The zero-order valence-corrected chi connectivity index (χ0v) is 11.3. The molecule has 98 valence electrons. The highest BCUT2D eigenvalue weighted by Gasteiger charge is 2.08. The Morgan fingerprint density at radius 3 is 2.68 bits per heavy atom. The molecule has 0 spiro atoms. The molecule has 0 unspecified atom stereocenters. The summed E-state index contributed by atoms with van der Waals surface area (Å²) in [6.07, 6.45) is 5.61. The normalized spacial score (nSPS) is 10.3. The Morgan fingerprint density at radius 1 is 1.26 bits per heavy atom. The second-order valence-electron chi connectivity index (χ2n) is 4.34. The second-order valence-corrected chi connectivity index (χ2v) is 4.34. The van der Waals surface area contributed by atoms with E-state index in [-0.39, 0.29) is 5.91 Å². The van der Waals surface area contributed by atoms with Gasteiger partial charge in [-0.05, 0) is 25.5 Å². The fraction of sp³-hybridized carbons (Fsp3) is 0.286. The lowest BCUT2D eigenvalue weighted by atomic mass is 10.2. The molecule has 0 atom stereocenters. The third-order valence-corrected chi connectivity index (χ3v) is 2.70. The Labute approximate surface area is 112 Å². The summed E-state index contributed by atoms with van der Waals surface area (Å²) in [5.41, 5.74) is 3.44. The Hall–Kier alpha value is -2.30. The predicted octanol–water partition coefficient (Wildman–Crippen LogP) is 2.50. The number of nitrogens with one attached hydrogen (secondary N) is 1. The molecule has 2 aromatic rings. The molecule has 1 amide bonds. The van der Waals surface area contributed by atoms with Crippen LogP contribution in [0.1, 0.15) is 24.6 Å². The molecule has 0 aromatic carbocycles. The van der Waals surface area contributed by atoms with E-state index in [9.17, 15) is 4.79 Å². The van der Waals surface area contributed by atoms with Crippen LogP contribution in [-0.4, -0.2) is 20.9 Å². The molecule has 0 saturated heterocycles. The van der Waals surface area contributed by atoms with Gasteiger partial charge in [-0.1, -0.05) is 6.92 Å². The number of carbonyl (C=O) groups excluding carboxylic acids is 1. The number of carbonyl (C=O) groups is 1. The van der Waals surface area contributed by atoms with Gasteiger partial charge in [-0.2, -0.15) is 0 Å². The molecule has 19 heavy (non-hydrogen) atoms. The third-order valence-electron chi connectivity index (χ3n) is 2.70. The molecule has 0 aliphatic heterocycles. The predicted molar refractivity (Wildman–Crippen MR) is 73.7 cm³/mol. The first-order chi connectivity index (χ1) is 9.10. The average molecular weight is 256 g/mol. The van der Waals surface area contributed by atoms with E-state index in [0.717, 1.165) is 16.8 Å². The third kappa shape index (κ3) is 3.13. The lowest BCUT2D eigenvalue weighted by Gasteiger charge is -2.08. The van der Waals surface area contributed by atoms with Gasteiger partial charge in [0, 0.05) is 24.4 Å². The molecule has 2 heterocycles. The number of hydrogen-bond donors (Lipinski definition) is 1. The first kappa shape index (κ1) is 13.1. The van der Waals surface area contributed by atoms with Crippen molar-refractivity contribution in [2.45, 2.75) is 27.2 Å². The van der Waals surface area contributed by atoms with E-state index in [1.54, 1.807) is 25.5 Å². The van der Waals surface area contributed by atoms with Gasteiger partial charge in [0.1, 0.15) is 0 Å². The summed E-state index contributed by atoms with van der Waals surface area (Å²) < 4.78 is 0. The van der Waals surface area contributed by atoms with Crippen LogP contribution in [0.2, 0.25) is 0 Å². The smallest absolute Gasteiger partial charge is 0.225 e. The Balaban J connectivity index is 2.31. The van der Waals surface area contributed by atoms with Crippen LogP contribution in [0.3, 0.4) is 0 Å². The fourth-order valence-electron chi connectivity index (χ4n) is 1.66. The van der Waals surface area contributed by atoms with Gasteiger partial charge in [0.2, 0.25) is 5.91 Å². The summed E-state index contributed by atoms with van der Waals surface area (Å²) in [6.45, 7) is 5.60. The summed E-state index contributed by atoms with van der Waals surface area (Å²) in [5, 5.41) is 2.72. The summed E-state index contributed by atoms with van der Waals surface area (Å²) in [6, 6.07) is 2.00. The molecule has 1 N–H and O–H groups in total. The monoisotopic (exact) mass is 256 g/mol. The molecule has 0 radical (unpaired) electrons. The van der Waals surface area contributed by atoms with Crippen LogP contribution in [0.25, 0.3) is 11.3 Å². The SMILES string of the molecule is CCC(=O)Nc1ncc(-c2cncc(C)c2)nc1C. The molecule has 0 saturated carbocycles. The second kappa shape index (κ2) is 5.56. The highest BCUT2D eigenvalue weighted by Crippen LogP contribution is 2.19.